The van der Waals surface area contributed by atoms with Crippen molar-refractivity contribution in [2.45, 2.75) is 46.6 Å². The van der Waals surface area contributed by atoms with Gasteiger partial charge in [-0.3, -0.25) is 4.79 Å². The van der Waals surface area contributed by atoms with Crippen LogP contribution in [0.4, 0.5) is 0 Å². The molecule has 0 saturated carbocycles. The van der Waals surface area contributed by atoms with Crippen molar-refractivity contribution < 1.29 is 21.9 Å². The lowest BCUT2D eigenvalue weighted by Gasteiger charge is -2.10. The summed E-state index contributed by atoms with van der Waals surface area (Å²) in [5, 5.41) is 6.14. The second-order valence-corrected chi connectivity index (χ2v) is 6.01. The van der Waals surface area contributed by atoms with Crippen LogP contribution < -0.4 is 10.6 Å². The lowest BCUT2D eigenvalue weighted by atomic mass is 10.1. The molecule has 0 bridgehead atoms. The van der Waals surface area contributed by atoms with Crippen LogP contribution in [0.15, 0.2) is 0 Å². The van der Waals surface area contributed by atoms with Gasteiger partial charge in [0.15, 0.2) is 0 Å². The minimum absolute atomic E-state index is 0. The summed E-state index contributed by atoms with van der Waals surface area (Å²) in [6.07, 6.45) is 1.62. The molecular weight excluding hydrogens is 296 g/mol. The quantitative estimate of drug-likeness (QED) is 0.422. The minimum atomic E-state index is 0. The largest absolute Gasteiger partial charge is 0.378 e. The summed E-state index contributed by atoms with van der Waals surface area (Å²) in [6, 6.07) is 0.492. The normalized spacial score (nSPS) is 12.6. The number of rotatable bonds is 16. The van der Waals surface area contributed by atoms with E-state index in [1.165, 1.54) is 0 Å². The number of hydrogen-bond acceptors (Lipinski definition) is 5. The van der Waals surface area contributed by atoms with Crippen molar-refractivity contribution in [3.05, 3.63) is 0 Å². The monoisotopic (exact) mass is 336 g/mol. The lowest BCUT2D eigenvalue weighted by Crippen LogP contribution is -2.28. The number of nitrogens with one attached hydrogen (secondary N) is 2. The Bertz CT molecular complexity index is 285. The zero-order valence-electron chi connectivity index (χ0n) is 15.4. The number of carbonyl (C=O) groups is 1. The first-order valence-electron chi connectivity index (χ1n) is 8.79. The SMILES string of the molecule is CCC(C)CC(=O)NCCOCCOCCOCCNC(C)C.[HH].[HH]. The molecule has 1 atom stereocenters. The second kappa shape index (κ2) is 16.2. The molecule has 0 aliphatic carbocycles. The Morgan fingerprint density at radius 2 is 1.43 bits per heavy atom. The third kappa shape index (κ3) is 17.5. The van der Waals surface area contributed by atoms with Crippen molar-refractivity contribution in [2.24, 2.45) is 5.92 Å². The molecule has 0 rings (SSSR count). The van der Waals surface area contributed by atoms with Gasteiger partial charge in [0.25, 0.3) is 0 Å². The van der Waals surface area contributed by atoms with Crippen LogP contribution in [0.2, 0.25) is 0 Å². The Hall–Kier alpha value is -0.690. The summed E-state index contributed by atoms with van der Waals surface area (Å²) in [7, 11) is 0. The van der Waals surface area contributed by atoms with Crippen LogP contribution in [0.25, 0.3) is 0 Å². The minimum Gasteiger partial charge on any atom is -0.378 e. The molecule has 6 nitrogen and oxygen atoms in total. The number of amides is 1. The van der Waals surface area contributed by atoms with Crippen LogP contribution in [0.1, 0.15) is 43.4 Å². The molecule has 0 aromatic heterocycles. The third-order valence-corrected chi connectivity index (χ3v) is 3.34. The Morgan fingerprint density at radius 3 is 1.96 bits per heavy atom. The van der Waals surface area contributed by atoms with E-state index in [9.17, 15) is 4.79 Å². The summed E-state index contributed by atoms with van der Waals surface area (Å²) in [5.41, 5.74) is 0. The third-order valence-electron chi connectivity index (χ3n) is 3.34. The number of carbonyl (C=O) groups excluding carboxylic acids is 1. The van der Waals surface area contributed by atoms with E-state index in [0.717, 1.165) is 13.0 Å². The van der Waals surface area contributed by atoms with Crippen molar-refractivity contribution in [3.63, 3.8) is 0 Å². The van der Waals surface area contributed by atoms with E-state index >= 15 is 0 Å². The summed E-state index contributed by atoms with van der Waals surface area (Å²) in [5.74, 6) is 0.538. The Morgan fingerprint density at radius 1 is 0.913 bits per heavy atom. The molecule has 0 spiro atoms. The van der Waals surface area contributed by atoms with Crippen molar-refractivity contribution in [2.75, 3.05) is 52.7 Å². The van der Waals surface area contributed by atoms with E-state index in [0.29, 0.717) is 64.6 Å². The van der Waals surface area contributed by atoms with Crippen molar-refractivity contribution in [3.8, 4) is 0 Å². The zero-order chi connectivity index (χ0) is 17.3. The first-order valence-corrected chi connectivity index (χ1v) is 8.79. The smallest absolute Gasteiger partial charge is 0.220 e. The van der Waals surface area contributed by atoms with Gasteiger partial charge in [0.05, 0.1) is 39.6 Å². The van der Waals surface area contributed by atoms with E-state index in [1.54, 1.807) is 0 Å². The van der Waals surface area contributed by atoms with Gasteiger partial charge in [-0.1, -0.05) is 34.1 Å². The Labute approximate surface area is 144 Å². The van der Waals surface area contributed by atoms with Gasteiger partial charge in [-0.15, -0.1) is 0 Å². The fourth-order valence-corrected chi connectivity index (χ4v) is 1.76. The van der Waals surface area contributed by atoms with Crippen molar-refractivity contribution in [1.82, 2.24) is 10.6 Å². The number of ether oxygens (including phenoxy) is 3. The maximum Gasteiger partial charge on any atom is 0.220 e. The highest BCUT2D eigenvalue weighted by Gasteiger charge is 2.05. The van der Waals surface area contributed by atoms with E-state index in [-0.39, 0.29) is 8.76 Å². The van der Waals surface area contributed by atoms with Gasteiger partial charge in [0.1, 0.15) is 0 Å². The van der Waals surface area contributed by atoms with Gasteiger partial charge in [-0.05, 0) is 5.92 Å². The summed E-state index contributed by atoms with van der Waals surface area (Å²) in [6.45, 7) is 13.3. The van der Waals surface area contributed by atoms with E-state index in [1.807, 2.05) is 0 Å². The molecule has 0 aliphatic rings. The van der Waals surface area contributed by atoms with Gasteiger partial charge in [0.2, 0.25) is 5.91 Å². The van der Waals surface area contributed by atoms with E-state index in [4.69, 9.17) is 14.2 Å². The molecule has 6 heteroatoms. The Balaban J connectivity index is -0.00000242. The van der Waals surface area contributed by atoms with Crippen LogP contribution in [0.5, 0.6) is 0 Å². The predicted molar refractivity (Wildman–Crippen MR) is 96.9 cm³/mol. The van der Waals surface area contributed by atoms with Gasteiger partial charge >= 0.3 is 0 Å². The first kappa shape index (κ1) is 22.3. The molecule has 0 heterocycles. The van der Waals surface area contributed by atoms with E-state index in [2.05, 4.69) is 38.3 Å². The second-order valence-electron chi connectivity index (χ2n) is 6.01. The summed E-state index contributed by atoms with van der Waals surface area (Å²) >= 11 is 0. The van der Waals surface area contributed by atoms with Gasteiger partial charge in [0, 0.05) is 28.4 Å². The molecule has 1 amide bonds. The van der Waals surface area contributed by atoms with Crippen LogP contribution in [-0.4, -0.2) is 64.7 Å². The predicted octanol–water partition coefficient (Wildman–Crippen LogP) is 2.08. The molecule has 0 radical (unpaired) electrons. The molecule has 0 aromatic carbocycles. The van der Waals surface area contributed by atoms with Crippen LogP contribution in [0.3, 0.4) is 0 Å². The van der Waals surface area contributed by atoms with Crippen LogP contribution in [-0.2, 0) is 19.0 Å². The highest BCUT2D eigenvalue weighted by Crippen LogP contribution is 2.05. The lowest BCUT2D eigenvalue weighted by molar-refractivity contribution is -0.122. The molecule has 0 saturated heterocycles. The molecular formula is C17H40N2O4. The molecule has 142 valence electrons. The highest BCUT2D eigenvalue weighted by atomic mass is 16.5. The van der Waals surface area contributed by atoms with Crippen LogP contribution >= 0.6 is 0 Å². The average molecular weight is 337 g/mol. The maximum atomic E-state index is 11.5. The van der Waals surface area contributed by atoms with E-state index < -0.39 is 0 Å². The highest BCUT2D eigenvalue weighted by molar-refractivity contribution is 5.76. The molecule has 0 aliphatic heterocycles. The molecule has 0 fully saturated rings. The maximum absolute atomic E-state index is 11.5. The molecule has 2 N–H and O–H groups in total. The van der Waals surface area contributed by atoms with Crippen molar-refractivity contribution in [1.29, 1.82) is 0 Å². The van der Waals surface area contributed by atoms with Gasteiger partial charge < -0.3 is 24.8 Å². The van der Waals surface area contributed by atoms with Crippen molar-refractivity contribution >= 4 is 5.91 Å². The molecule has 1 unspecified atom stereocenters. The number of hydrogen-bond donors (Lipinski definition) is 2. The summed E-state index contributed by atoms with van der Waals surface area (Å²) in [4.78, 5) is 11.5. The van der Waals surface area contributed by atoms with Crippen LogP contribution in [0, 0.1) is 5.92 Å². The fourth-order valence-electron chi connectivity index (χ4n) is 1.76. The average Bonchev–Trinajstić information content (AvgIpc) is 2.51. The van der Waals surface area contributed by atoms with Gasteiger partial charge in [-0.25, -0.2) is 0 Å². The topological polar surface area (TPSA) is 68.8 Å². The zero-order valence-corrected chi connectivity index (χ0v) is 15.4. The first-order chi connectivity index (χ1) is 11.1. The van der Waals surface area contributed by atoms with Gasteiger partial charge in [-0.2, -0.15) is 0 Å². The standard InChI is InChI=1S/C17H36N2O4.2H2/c1-5-16(4)14-17(20)19-7-9-22-11-13-23-12-10-21-8-6-18-15(2)3;;/h15-16,18H,5-14H2,1-4H3,(H,19,20);2*1H. The summed E-state index contributed by atoms with van der Waals surface area (Å²) < 4.78 is 16.2. The molecule has 0 aromatic rings. The molecule has 23 heavy (non-hydrogen) atoms. The Kier molecular flexibility index (Phi) is 15.7. The fraction of sp³-hybridized carbons (Fsp3) is 0.941.